The number of anilines is 1. The zero-order valence-corrected chi connectivity index (χ0v) is 16.9. The molecule has 1 amide bonds. The average molecular weight is 393 g/mol. The van der Waals surface area contributed by atoms with Crippen molar-refractivity contribution in [2.75, 3.05) is 31.3 Å². The first-order chi connectivity index (χ1) is 14.2. The number of rotatable bonds is 5. The number of fused-ring (bicyclic) bond motifs is 2. The Morgan fingerprint density at radius 2 is 2.00 bits per heavy atom. The minimum Gasteiger partial charge on any atom is -0.493 e. The molecule has 2 atom stereocenters. The van der Waals surface area contributed by atoms with Gasteiger partial charge < -0.3 is 19.1 Å². The van der Waals surface area contributed by atoms with Gasteiger partial charge in [-0.3, -0.25) is 4.79 Å². The van der Waals surface area contributed by atoms with Gasteiger partial charge in [-0.2, -0.15) is 0 Å². The molecule has 0 radical (unpaired) electrons. The van der Waals surface area contributed by atoms with Gasteiger partial charge in [-0.05, 0) is 55.9 Å². The van der Waals surface area contributed by atoms with Crippen molar-refractivity contribution in [1.82, 2.24) is 0 Å². The fraction of sp³-hybridized carbons (Fsp3) is 0.458. The summed E-state index contributed by atoms with van der Waals surface area (Å²) in [5.41, 5.74) is 4.15. The molecule has 0 aliphatic carbocycles. The normalized spacial score (nSPS) is 24.9. The maximum atomic E-state index is 12.0. The van der Waals surface area contributed by atoms with Crippen LogP contribution in [-0.2, 0) is 21.4 Å². The third-order valence-electron chi connectivity index (χ3n) is 6.48. The summed E-state index contributed by atoms with van der Waals surface area (Å²) in [5.74, 6) is 1.83. The summed E-state index contributed by atoms with van der Waals surface area (Å²) < 4.78 is 17.7. The fourth-order valence-electron chi connectivity index (χ4n) is 4.85. The zero-order valence-electron chi connectivity index (χ0n) is 16.9. The largest absolute Gasteiger partial charge is 0.493 e. The number of para-hydroxylation sites is 1. The van der Waals surface area contributed by atoms with E-state index in [2.05, 4.69) is 19.1 Å². The number of benzene rings is 2. The molecule has 0 saturated carbocycles. The number of ether oxygens (including phenoxy) is 3. The van der Waals surface area contributed by atoms with E-state index in [9.17, 15) is 4.79 Å². The van der Waals surface area contributed by atoms with Crippen molar-refractivity contribution in [3.8, 4) is 11.5 Å². The Morgan fingerprint density at radius 3 is 2.83 bits per heavy atom. The first kappa shape index (κ1) is 18.5. The highest BCUT2D eigenvalue weighted by atomic mass is 16.5. The highest BCUT2D eigenvalue weighted by Gasteiger charge is 2.41. The molecule has 0 aromatic heterocycles. The molecule has 0 bridgehead atoms. The molecule has 3 aliphatic rings. The molecule has 5 nitrogen and oxygen atoms in total. The summed E-state index contributed by atoms with van der Waals surface area (Å²) in [5, 5.41) is 0. The lowest BCUT2D eigenvalue weighted by atomic mass is 9.76. The molecule has 5 rings (SSSR count). The molecule has 1 saturated heterocycles. The van der Waals surface area contributed by atoms with E-state index in [1.54, 1.807) is 4.90 Å². The van der Waals surface area contributed by atoms with Crippen LogP contribution in [0.25, 0.3) is 0 Å². The monoisotopic (exact) mass is 393 g/mol. The van der Waals surface area contributed by atoms with Crippen LogP contribution >= 0.6 is 0 Å². The van der Waals surface area contributed by atoms with Crippen LogP contribution in [0.2, 0.25) is 0 Å². The van der Waals surface area contributed by atoms with E-state index in [4.69, 9.17) is 14.2 Å². The summed E-state index contributed by atoms with van der Waals surface area (Å²) in [6.45, 7) is 4.90. The molecule has 2 unspecified atom stereocenters. The SMILES string of the molecule is CC1(c2ccccc2N(C=O)CC2CCCO2)COc2cc3c(cc21)CCCO3. The number of aryl methyl sites for hydroxylation is 1. The molecule has 29 heavy (non-hydrogen) atoms. The van der Waals surface area contributed by atoms with Crippen molar-refractivity contribution in [1.29, 1.82) is 0 Å². The van der Waals surface area contributed by atoms with Crippen molar-refractivity contribution in [3.05, 3.63) is 53.1 Å². The van der Waals surface area contributed by atoms with Crippen LogP contribution in [0.1, 0.15) is 42.9 Å². The van der Waals surface area contributed by atoms with Crippen molar-refractivity contribution in [2.45, 2.75) is 44.1 Å². The summed E-state index contributed by atoms with van der Waals surface area (Å²) >= 11 is 0. The summed E-state index contributed by atoms with van der Waals surface area (Å²) in [6, 6.07) is 12.5. The number of carbonyl (C=O) groups is 1. The Kier molecular flexibility index (Phi) is 4.70. The van der Waals surface area contributed by atoms with Gasteiger partial charge in [-0.15, -0.1) is 0 Å². The van der Waals surface area contributed by atoms with Gasteiger partial charge in [0.15, 0.2) is 0 Å². The van der Waals surface area contributed by atoms with Gasteiger partial charge in [0, 0.05) is 23.9 Å². The Balaban J connectivity index is 1.54. The maximum absolute atomic E-state index is 12.0. The van der Waals surface area contributed by atoms with Gasteiger partial charge in [0.2, 0.25) is 6.41 Å². The molecule has 3 heterocycles. The minimum absolute atomic E-state index is 0.109. The summed E-state index contributed by atoms with van der Waals surface area (Å²) in [6.07, 6.45) is 5.17. The van der Waals surface area contributed by atoms with Crippen molar-refractivity contribution in [2.24, 2.45) is 0 Å². The second kappa shape index (κ2) is 7.38. The van der Waals surface area contributed by atoms with E-state index < -0.39 is 0 Å². The van der Waals surface area contributed by atoms with Crippen molar-refractivity contribution in [3.63, 3.8) is 0 Å². The summed E-state index contributed by atoms with van der Waals surface area (Å²) in [4.78, 5) is 13.8. The lowest BCUT2D eigenvalue weighted by molar-refractivity contribution is -0.107. The van der Waals surface area contributed by atoms with Crippen LogP contribution in [0.4, 0.5) is 5.69 Å². The fourth-order valence-corrected chi connectivity index (χ4v) is 4.85. The molecule has 152 valence electrons. The Hall–Kier alpha value is -2.53. The van der Waals surface area contributed by atoms with Crippen LogP contribution in [0, 0.1) is 0 Å². The molecular weight excluding hydrogens is 366 g/mol. The highest BCUT2D eigenvalue weighted by molar-refractivity contribution is 5.79. The topological polar surface area (TPSA) is 48.0 Å². The van der Waals surface area contributed by atoms with Crippen LogP contribution in [0.15, 0.2) is 36.4 Å². The van der Waals surface area contributed by atoms with E-state index in [-0.39, 0.29) is 11.5 Å². The lowest BCUT2D eigenvalue weighted by Gasteiger charge is -2.31. The van der Waals surface area contributed by atoms with E-state index in [0.717, 1.165) is 68.1 Å². The summed E-state index contributed by atoms with van der Waals surface area (Å²) in [7, 11) is 0. The maximum Gasteiger partial charge on any atom is 0.214 e. The Bertz CT molecular complexity index is 921. The second-order valence-electron chi connectivity index (χ2n) is 8.44. The quantitative estimate of drug-likeness (QED) is 0.724. The molecule has 0 N–H and O–H groups in total. The first-order valence-electron chi connectivity index (χ1n) is 10.5. The molecule has 1 fully saturated rings. The zero-order chi connectivity index (χ0) is 19.8. The smallest absolute Gasteiger partial charge is 0.214 e. The number of amides is 1. The standard InChI is InChI=1S/C24H27NO4/c1-24(15-29-23-13-22-17(12-20(23)24)6-4-11-28-22)19-8-2-3-9-21(19)25(16-26)14-18-7-5-10-27-18/h2-3,8-9,12-13,16,18H,4-7,10-11,14-15H2,1H3. The van der Waals surface area contributed by atoms with Crippen molar-refractivity contribution < 1.29 is 19.0 Å². The third-order valence-corrected chi connectivity index (χ3v) is 6.48. The van der Waals surface area contributed by atoms with Crippen LogP contribution in [-0.4, -0.2) is 38.9 Å². The van der Waals surface area contributed by atoms with Gasteiger partial charge >= 0.3 is 0 Å². The first-order valence-corrected chi connectivity index (χ1v) is 10.5. The Morgan fingerprint density at radius 1 is 1.10 bits per heavy atom. The highest BCUT2D eigenvalue weighted by Crippen LogP contribution is 2.48. The van der Waals surface area contributed by atoms with Gasteiger partial charge in [0.05, 0.1) is 24.7 Å². The molecule has 2 aromatic carbocycles. The molecule has 2 aromatic rings. The van der Waals surface area contributed by atoms with Gasteiger partial charge in [0.25, 0.3) is 0 Å². The second-order valence-corrected chi connectivity index (χ2v) is 8.44. The van der Waals surface area contributed by atoms with E-state index >= 15 is 0 Å². The van der Waals surface area contributed by atoms with E-state index in [1.807, 2.05) is 24.3 Å². The number of carbonyl (C=O) groups excluding carboxylic acids is 1. The van der Waals surface area contributed by atoms with E-state index in [0.29, 0.717) is 13.2 Å². The minimum atomic E-state index is -0.323. The molecular formula is C24H27NO4. The van der Waals surface area contributed by atoms with Crippen LogP contribution in [0.5, 0.6) is 11.5 Å². The van der Waals surface area contributed by atoms with Crippen LogP contribution in [0.3, 0.4) is 0 Å². The lowest BCUT2D eigenvalue weighted by Crippen LogP contribution is -2.35. The predicted molar refractivity (Wildman–Crippen MR) is 111 cm³/mol. The average Bonchev–Trinajstić information content (AvgIpc) is 3.39. The molecule has 3 aliphatic heterocycles. The number of hydrogen-bond donors (Lipinski definition) is 0. The van der Waals surface area contributed by atoms with Gasteiger partial charge in [-0.25, -0.2) is 0 Å². The predicted octanol–water partition coefficient (Wildman–Crippen LogP) is 3.85. The number of hydrogen-bond acceptors (Lipinski definition) is 4. The third kappa shape index (κ3) is 3.18. The van der Waals surface area contributed by atoms with E-state index in [1.165, 1.54) is 11.1 Å². The van der Waals surface area contributed by atoms with Gasteiger partial charge in [-0.1, -0.05) is 18.2 Å². The van der Waals surface area contributed by atoms with Crippen LogP contribution < -0.4 is 14.4 Å². The number of nitrogens with zero attached hydrogens (tertiary/aromatic N) is 1. The Labute approximate surface area is 171 Å². The molecule has 0 spiro atoms. The van der Waals surface area contributed by atoms with Gasteiger partial charge in [0.1, 0.15) is 18.1 Å². The van der Waals surface area contributed by atoms with Crippen molar-refractivity contribution >= 4 is 12.1 Å². The molecule has 5 heteroatoms.